The number of aromatic nitrogens is 1. The van der Waals surface area contributed by atoms with Gasteiger partial charge in [0.25, 0.3) is 0 Å². The highest BCUT2D eigenvalue weighted by atomic mass is 32.1. The molecular weight excluding hydrogens is 282 g/mol. The van der Waals surface area contributed by atoms with Crippen LogP contribution in [-0.2, 0) is 17.6 Å². The van der Waals surface area contributed by atoms with Crippen molar-refractivity contribution in [3.05, 3.63) is 22.9 Å². The number of nitrogens with zero attached hydrogens (tertiary/aromatic N) is 2. The lowest BCUT2D eigenvalue weighted by Crippen LogP contribution is -2.52. The Kier molecular flexibility index (Phi) is 3.66. The molecule has 0 aromatic carbocycles. The quantitative estimate of drug-likeness (QED) is 0.849. The number of ether oxygens (including phenoxy) is 1. The molecule has 1 aromatic heterocycles. The molecule has 1 unspecified atom stereocenters. The number of morpholine rings is 1. The Morgan fingerprint density at radius 2 is 2.24 bits per heavy atom. The minimum absolute atomic E-state index is 0.169. The Hall–Kier alpha value is -1.20. The van der Waals surface area contributed by atoms with Gasteiger partial charge < -0.3 is 15.4 Å². The number of hydrogen-bond acceptors (Lipinski definition) is 4. The molecule has 0 bridgehead atoms. The maximum Gasteiger partial charge on any atom is 0.139 e. The number of anilines is 1. The van der Waals surface area contributed by atoms with Crippen LogP contribution in [0.3, 0.4) is 0 Å². The fourth-order valence-corrected chi connectivity index (χ4v) is 3.65. The predicted octanol–water partition coefficient (Wildman–Crippen LogP) is 2.21. The van der Waals surface area contributed by atoms with Crippen LogP contribution in [0.25, 0.3) is 0 Å². The molecule has 0 saturated carbocycles. The SMILES string of the molecule is CC1CN(c2nc3c(cc2C(N)=S)CCC3)CC(C)(C)O1. The fraction of sp³-hybridized carbons (Fsp3) is 0.625. The van der Waals surface area contributed by atoms with Crippen molar-refractivity contribution in [2.75, 3.05) is 18.0 Å². The smallest absolute Gasteiger partial charge is 0.139 e. The first-order chi connectivity index (χ1) is 9.85. The topological polar surface area (TPSA) is 51.4 Å². The van der Waals surface area contributed by atoms with Crippen LogP contribution in [0.4, 0.5) is 5.82 Å². The van der Waals surface area contributed by atoms with Gasteiger partial charge in [0.05, 0.1) is 17.3 Å². The number of nitrogens with two attached hydrogens (primary N) is 1. The van der Waals surface area contributed by atoms with E-state index in [0.717, 1.165) is 37.3 Å². The van der Waals surface area contributed by atoms with E-state index in [0.29, 0.717) is 4.99 Å². The number of rotatable bonds is 2. The standard InChI is InChI=1S/C16H23N3OS/c1-10-8-19(9-16(2,3)20-10)15-12(14(17)21)7-11-5-4-6-13(11)18-15/h7,10H,4-6,8-9H2,1-3H3,(H2,17,21). The van der Waals surface area contributed by atoms with Gasteiger partial charge in [0.15, 0.2) is 0 Å². The van der Waals surface area contributed by atoms with Crippen molar-refractivity contribution in [2.24, 2.45) is 5.73 Å². The molecule has 2 N–H and O–H groups in total. The molecule has 1 aliphatic carbocycles. The van der Waals surface area contributed by atoms with Gasteiger partial charge in [-0.3, -0.25) is 0 Å². The minimum atomic E-state index is -0.189. The van der Waals surface area contributed by atoms with Crippen LogP contribution in [0.5, 0.6) is 0 Å². The summed E-state index contributed by atoms with van der Waals surface area (Å²) in [5, 5.41) is 0. The van der Waals surface area contributed by atoms with Gasteiger partial charge in [0.1, 0.15) is 10.8 Å². The Morgan fingerprint density at radius 3 is 2.90 bits per heavy atom. The Bertz CT molecular complexity index is 585. The van der Waals surface area contributed by atoms with Gasteiger partial charge in [-0.1, -0.05) is 12.2 Å². The number of aryl methyl sites for hydroxylation is 2. The lowest BCUT2D eigenvalue weighted by atomic mass is 10.0. The van der Waals surface area contributed by atoms with E-state index in [2.05, 4.69) is 31.7 Å². The normalized spacial score (nSPS) is 24.0. The van der Waals surface area contributed by atoms with E-state index < -0.39 is 0 Å². The van der Waals surface area contributed by atoms with Gasteiger partial charge in [-0.2, -0.15) is 0 Å². The molecule has 1 fully saturated rings. The molecule has 0 spiro atoms. The molecule has 5 heteroatoms. The maximum atomic E-state index is 5.98. The maximum absolute atomic E-state index is 5.98. The molecule has 21 heavy (non-hydrogen) atoms. The predicted molar refractivity (Wildman–Crippen MR) is 89.0 cm³/mol. The van der Waals surface area contributed by atoms with E-state index in [9.17, 15) is 0 Å². The number of hydrogen-bond donors (Lipinski definition) is 1. The highest BCUT2D eigenvalue weighted by molar-refractivity contribution is 7.80. The number of fused-ring (bicyclic) bond motifs is 1. The number of pyridine rings is 1. The molecule has 4 nitrogen and oxygen atoms in total. The van der Waals surface area contributed by atoms with E-state index >= 15 is 0 Å². The van der Waals surface area contributed by atoms with Gasteiger partial charge in [0.2, 0.25) is 0 Å². The third-order valence-corrected chi connectivity index (χ3v) is 4.38. The zero-order valence-corrected chi connectivity index (χ0v) is 13.8. The lowest BCUT2D eigenvalue weighted by Gasteiger charge is -2.43. The zero-order valence-electron chi connectivity index (χ0n) is 13.0. The minimum Gasteiger partial charge on any atom is -0.389 e. The van der Waals surface area contributed by atoms with Crippen LogP contribution >= 0.6 is 12.2 Å². The molecule has 0 radical (unpaired) electrons. The Labute approximate surface area is 131 Å². The molecule has 1 atom stereocenters. The van der Waals surface area contributed by atoms with Gasteiger partial charge in [-0.05, 0) is 51.7 Å². The monoisotopic (exact) mass is 305 g/mol. The van der Waals surface area contributed by atoms with E-state index in [1.54, 1.807) is 0 Å². The second kappa shape index (κ2) is 5.21. The summed E-state index contributed by atoms with van der Waals surface area (Å²) < 4.78 is 5.98. The van der Waals surface area contributed by atoms with Gasteiger partial charge >= 0.3 is 0 Å². The second-order valence-electron chi connectivity index (χ2n) is 6.75. The summed E-state index contributed by atoms with van der Waals surface area (Å²) in [6.45, 7) is 7.96. The van der Waals surface area contributed by atoms with Crippen molar-refractivity contribution in [3.8, 4) is 0 Å². The summed E-state index contributed by atoms with van der Waals surface area (Å²) >= 11 is 5.26. The fourth-order valence-electron chi connectivity index (χ4n) is 3.50. The summed E-state index contributed by atoms with van der Waals surface area (Å²) in [6.07, 6.45) is 3.49. The van der Waals surface area contributed by atoms with Crippen molar-refractivity contribution < 1.29 is 4.74 Å². The Balaban J connectivity index is 2.02. The summed E-state index contributed by atoms with van der Waals surface area (Å²) in [5.74, 6) is 0.936. The molecule has 1 aliphatic heterocycles. The third kappa shape index (κ3) is 2.90. The van der Waals surface area contributed by atoms with Crippen LogP contribution in [0.1, 0.15) is 44.0 Å². The first-order valence-corrected chi connectivity index (χ1v) is 8.02. The average molecular weight is 305 g/mol. The average Bonchev–Trinajstić information content (AvgIpc) is 2.81. The largest absolute Gasteiger partial charge is 0.389 e. The highest BCUT2D eigenvalue weighted by Gasteiger charge is 2.33. The summed E-state index contributed by atoms with van der Waals surface area (Å²) in [7, 11) is 0. The van der Waals surface area contributed by atoms with Crippen LogP contribution in [0, 0.1) is 0 Å². The summed E-state index contributed by atoms with van der Waals surface area (Å²) in [4.78, 5) is 7.61. The molecular formula is C16H23N3OS. The molecule has 2 aliphatic rings. The van der Waals surface area contributed by atoms with E-state index in [1.807, 2.05) is 0 Å². The van der Waals surface area contributed by atoms with Gasteiger partial charge in [-0.25, -0.2) is 4.98 Å². The molecule has 1 aromatic rings. The van der Waals surface area contributed by atoms with Crippen molar-refractivity contribution in [2.45, 2.75) is 51.7 Å². The van der Waals surface area contributed by atoms with Crippen molar-refractivity contribution in [3.63, 3.8) is 0 Å². The highest BCUT2D eigenvalue weighted by Crippen LogP contribution is 2.31. The van der Waals surface area contributed by atoms with Crippen molar-refractivity contribution in [1.29, 1.82) is 0 Å². The van der Waals surface area contributed by atoms with Crippen molar-refractivity contribution in [1.82, 2.24) is 4.98 Å². The summed E-state index contributed by atoms with van der Waals surface area (Å²) in [5.41, 5.74) is 9.19. The first kappa shape index (κ1) is 14.7. The van der Waals surface area contributed by atoms with Gasteiger partial charge in [0, 0.05) is 18.8 Å². The van der Waals surface area contributed by atoms with Crippen molar-refractivity contribution >= 4 is 23.0 Å². The molecule has 2 heterocycles. The third-order valence-electron chi connectivity index (χ3n) is 4.17. The zero-order chi connectivity index (χ0) is 15.2. The van der Waals surface area contributed by atoms with Gasteiger partial charge in [-0.15, -0.1) is 0 Å². The molecule has 3 rings (SSSR count). The number of thiocarbonyl (C=S) groups is 1. The van der Waals surface area contributed by atoms with E-state index in [-0.39, 0.29) is 11.7 Å². The van der Waals surface area contributed by atoms with Crippen LogP contribution in [0.2, 0.25) is 0 Å². The summed E-state index contributed by atoms with van der Waals surface area (Å²) in [6, 6.07) is 2.15. The lowest BCUT2D eigenvalue weighted by molar-refractivity contribution is -0.0751. The molecule has 0 amide bonds. The second-order valence-corrected chi connectivity index (χ2v) is 7.19. The van der Waals surface area contributed by atoms with Crippen LogP contribution < -0.4 is 10.6 Å². The van der Waals surface area contributed by atoms with E-state index in [4.69, 9.17) is 27.7 Å². The van der Waals surface area contributed by atoms with Crippen LogP contribution in [0.15, 0.2) is 6.07 Å². The van der Waals surface area contributed by atoms with E-state index in [1.165, 1.54) is 17.7 Å². The first-order valence-electron chi connectivity index (χ1n) is 7.61. The Morgan fingerprint density at radius 1 is 1.48 bits per heavy atom. The molecule has 1 saturated heterocycles. The molecule has 114 valence electrons. The van der Waals surface area contributed by atoms with Crippen LogP contribution in [-0.4, -0.2) is 34.8 Å².